The van der Waals surface area contributed by atoms with E-state index in [0.717, 1.165) is 27.4 Å². The minimum atomic E-state index is -3.62. The molecule has 0 fully saturated rings. The summed E-state index contributed by atoms with van der Waals surface area (Å²) in [6, 6.07) is 19.6. The molecular formula is C25H24N2O5S2. The fraction of sp³-hybridized carbons (Fsp3) is 0.160. The molecule has 0 amide bonds. The third-order valence-electron chi connectivity index (χ3n) is 5.22. The fourth-order valence-electron chi connectivity index (χ4n) is 3.32. The molecule has 3 aromatic carbocycles. The van der Waals surface area contributed by atoms with E-state index < -0.39 is 10.0 Å². The zero-order valence-corrected chi connectivity index (χ0v) is 20.6. The largest absolute Gasteiger partial charge is 0.497 e. The van der Waals surface area contributed by atoms with Crippen molar-refractivity contribution in [3.05, 3.63) is 77.7 Å². The summed E-state index contributed by atoms with van der Waals surface area (Å²) in [4.78, 5) is 4.94. The van der Waals surface area contributed by atoms with Crippen LogP contribution >= 0.6 is 11.3 Å². The van der Waals surface area contributed by atoms with Gasteiger partial charge in [-0.25, -0.2) is 18.1 Å². The first-order valence-electron chi connectivity index (χ1n) is 10.3. The molecule has 0 aliphatic carbocycles. The van der Waals surface area contributed by atoms with Crippen LogP contribution in [0.2, 0.25) is 0 Å². The number of benzene rings is 3. The average molecular weight is 497 g/mol. The van der Waals surface area contributed by atoms with Crippen molar-refractivity contribution in [1.29, 1.82) is 0 Å². The lowest BCUT2D eigenvalue weighted by Crippen LogP contribution is -2.23. The van der Waals surface area contributed by atoms with Crippen LogP contribution in [0.25, 0.3) is 21.8 Å². The maximum atomic E-state index is 12.5. The van der Waals surface area contributed by atoms with Crippen molar-refractivity contribution in [3.63, 3.8) is 0 Å². The molecule has 34 heavy (non-hydrogen) atoms. The Balaban J connectivity index is 1.44. The maximum Gasteiger partial charge on any atom is 0.240 e. The summed E-state index contributed by atoms with van der Waals surface area (Å²) >= 11 is 1.54. The summed E-state index contributed by atoms with van der Waals surface area (Å²) < 4.78 is 43.5. The van der Waals surface area contributed by atoms with E-state index in [2.05, 4.69) is 4.72 Å². The van der Waals surface area contributed by atoms with Crippen molar-refractivity contribution in [2.24, 2.45) is 0 Å². The molecule has 9 heteroatoms. The fourth-order valence-corrected chi connectivity index (χ4v) is 5.17. The molecule has 4 rings (SSSR count). The lowest BCUT2D eigenvalue weighted by molar-refractivity contribution is 0.355. The van der Waals surface area contributed by atoms with E-state index in [4.69, 9.17) is 19.2 Å². The molecular weight excluding hydrogens is 472 g/mol. The molecule has 0 unspecified atom stereocenters. The van der Waals surface area contributed by atoms with Crippen LogP contribution < -0.4 is 18.9 Å². The lowest BCUT2D eigenvalue weighted by Gasteiger charge is -2.08. The summed E-state index contributed by atoms with van der Waals surface area (Å²) in [5, 5.41) is 2.86. The number of nitrogens with zero attached hydrogens (tertiary/aromatic N) is 1. The predicted molar refractivity (Wildman–Crippen MR) is 133 cm³/mol. The van der Waals surface area contributed by atoms with Crippen molar-refractivity contribution >= 4 is 21.4 Å². The van der Waals surface area contributed by atoms with Gasteiger partial charge in [0, 0.05) is 23.1 Å². The molecule has 0 bridgehead atoms. The first kappa shape index (κ1) is 23.7. The van der Waals surface area contributed by atoms with Crippen LogP contribution in [0.15, 0.2) is 77.0 Å². The van der Waals surface area contributed by atoms with Crippen molar-refractivity contribution in [2.45, 2.75) is 11.4 Å². The van der Waals surface area contributed by atoms with E-state index in [1.807, 2.05) is 47.8 Å². The molecule has 1 N–H and O–H groups in total. The molecule has 176 valence electrons. The smallest absolute Gasteiger partial charge is 0.240 e. The summed E-state index contributed by atoms with van der Waals surface area (Å²) in [6.45, 7) is 0.184. The van der Waals surface area contributed by atoms with Gasteiger partial charge in [0.2, 0.25) is 10.0 Å². The quantitative estimate of drug-likeness (QED) is 0.352. The standard InChI is InChI=1S/C25H24N2O5S2/c1-30-20-9-11-21(12-10-20)34(28,29)26-15-17-4-6-18(7-5-17)25-27-22(16-33-25)19-8-13-23(31-2)24(14-19)32-3/h4-14,16,26H,15H2,1-3H3. The monoisotopic (exact) mass is 496 g/mol. The van der Waals surface area contributed by atoms with Crippen LogP contribution in [0.5, 0.6) is 17.2 Å². The summed E-state index contributed by atoms with van der Waals surface area (Å²) in [6.07, 6.45) is 0. The lowest BCUT2D eigenvalue weighted by atomic mass is 10.1. The molecule has 1 aromatic heterocycles. The van der Waals surface area contributed by atoms with E-state index in [0.29, 0.717) is 17.2 Å². The van der Waals surface area contributed by atoms with Gasteiger partial charge in [0.25, 0.3) is 0 Å². The molecule has 0 atom stereocenters. The zero-order valence-electron chi connectivity index (χ0n) is 18.9. The van der Waals surface area contributed by atoms with Gasteiger partial charge in [-0.2, -0.15) is 0 Å². The molecule has 0 aliphatic heterocycles. The number of hydrogen-bond donors (Lipinski definition) is 1. The van der Waals surface area contributed by atoms with Crippen LogP contribution in [0.3, 0.4) is 0 Å². The topological polar surface area (TPSA) is 86.8 Å². The highest BCUT2D eigenvalue weighted by molar-refractivity contribution is 7.89. The second-order valence-electron chi connectivity index (χ2n) is 7.30. The molecule has 0 radical (unpaired) electrons. The highest BCUT2D eigenvalue weighted by Crippen LogP contribution is 2.34. The van der Waals surface area contributed by atoms with Gasteiger partial charge in [-0.1, -0.05) is 24.3 Å². The van der Waals surface area contributed by atoms with Crippen LogP contribution in [0.1, 0.15) is 5.56 Å². The first-order valence-corrected chi connectivity index (χ1v) is 12.7. The number of thiazole rings is 1. The Morgan fingerprint density at radius 3 is 2.15 bits per heavy atom. The summed E-state index contributed by atoms with van der Waals surface area (Å²) in [5.41, 5.74) is 3.58. The van der Waals surface area contributed by atoms with Crippen molar-refractivity contribution in [1.82, 2.24) is 9.71 Å². The average Bonchev–Trinajstić information content (AvgIpc) is 3.38. The Hall–Kier alpha value is -3.40. The molecule has 7 nitrogen and oxygen atoms in total. The van der Waals surface area contributed by atoms with Crippen LogP contribution in [-0.2, 0) is 16.6 Å². The Morgan fingerprint density at radius 1 is 0.824 bits per heavy atom. The van der Waals surface area contributed by atoms with E-state index in [9.17, 15) is 8.42 Å². The molecule has 0 aliphatic rings. The van der Waals surface area contributed by atoms with E-state index in [1.54, 1.807) is 26.4 Å². The van der Waals surface area contributed by atoms with Crippen molar-refractivity contribution in [3.8, 4) is 39.1 Å². The van der Waals surface area contributed by atoms with Crippen LogP contribution in [-0.4, -0.2) is 34.7 Å². The van der Waals surface area contributed by atoms with Gasteiger partial charge in [-0.05, 0) is 48.0 Å². The Labute approximate surface area is 203 Å². The Bertz CT molecular complexity index is 1370. The second kappa shape index (κ2) is 10.3. The molecule has 1 heterocycles. The number of sulfonamides is 1. The van der Waals surface area contributed by atoms with Gasteiger partial charge in [0.1, 0.15) is 10.8 Å². The van der Waals surface area contributed by atoms with Crippen LogP contribution in [0.4, 0.5) is 0 Å². The number of rotatable bonds is 9. The Morgan fingerprint density at radius 2 is 1.50 bits per heavy atom. The zero-order chi connectivity index (χ0) is 24.1. The minimum Gasteiger partial charge on any atom is -0.497 e. The summed E-state index contributed by atoms with van der Waals surface area (Å²) in [5.74, 6) is 1.92. The van der Waals surface area contributed by atoms with Crippen molar-refractivity contribution < 1.29 is 22.6 Å². The molecule has 0 spiro atoms. The van der Waals surface area contributed by atoms with Gasteiger partial charge in [-0.3, -0.25) is 0 Å². The number of ether oxygens (including phenoxy) is 3. The minimum absolute atomic E-state index is 0.184. The van der Waals surface area contributed by atoms with Gasteiger partial charge in [-0.15, -0.1) is 11.3 Å². The van der Waals surface area contributed by atoms with E-state index in [1.165, 1.54) is 30.6 Å². The highest BCUT2D eigenvalue weighted by atomic mass is 32.2. The van der Waals surface area contributed by atoms with Gasteiger partial charge >= 0.3 is 0 Å². The highest BCUT2D eigenvalue weighted by Gasteiger charge is 2.14. The molecule has 0 saturated carbocycles. The second-order valence-corrected chi connectivity index (χ2v) is 9.93. The van der Waals surface area contributed by atoms with Gasteiger partial charge in [0.15, 0.2) is 11.5 Å². The predicted octanol–water partition coefficient (Wildman–Crippen LogP) is 4.98. The molecule has 4 aromatic rings. The first-order chi connectivity index (χ1) is 16.4. The molecule has 0 saturated heterocycles. The summed E-state index contributed by atoms with van der Waals surface area (Å²) in [7, 11) is 1.12. The van der Waals surface area contributed by atoms with Gasteiger partial charge in [0.05, 0.1) is 31.9 Å². The van der Waals surface area contributed by atoms with Crippen LogP contribution in [0, 0.1) is 0 Å². The third-order valence-corrected chi connectivity index (χ3v) is 7.53. The van der Waals surface area contributed by atoms with E-state index in [-0.39, 0.29) is 11.4 Å². The van der Waals surface area contributed by atoms with E-state index >= 15 is 0 Å². The number of aromatic nitrogens is 1. The van der Waals surface area contributed by atoms with Gasteiger partial charge < -0.3 is 14.2 Å². The van der Waals surface area contributed by atoms with Crippen molar-refractivity contribution in [2.75, 3.05) is 21.3 Å². The normalized spacial score (nSPS) is 11.3. The number of hydrogen-bond acceptors (Lipinski definition) is 7. The SMILES string of the molecule is COc1ccc(S(=O)(=O)NCc2ccc(-c3nc(-c4ccc(OC)c(OC)c4)cs3)cc2)cc1. The Kier molecular flexibility index (Phi) is 7.16. The number of nitrogens with one attached hydrogen (secondary N) is 1. The third kappa shape index (κ3) is 5.22. The maximum absolute atomic E-state index is 12.5. The number of methoxy groups -OCH3 is 3.